The zero-order valence-electron chi connectivity index (χ0n) is 19.8. The Balaban J connectivity index is 1.72. The molecular weight excluding hydrogens is 355 g/mol. The first-order valence-corrected chi connectivity index (χ1v) is 9.85. The van der Waals surface area contributed by atoms with Crippen LogP contribution in [0.3, 0.4) is 0 Å². The number of aromatic nitrogens is 1. The molecule has 0 radical (unpaired) electrons. The summed E-state index contributed by atoms with van der Waals surface area (Å²) in [6, 6.07) is 20.1. The van der Waals surface area contributed by atoms with E-state index < -0.39 is 6.85 Å². The Morgan fingerprint density at radius 1 is 1.07 bits per heavy atom. The van der Waals surface area contributed by atoms with Crippen molar-refractivity contribution in [3.63, 3.8) is 0 Å². The number of furan rings is 1. The SMILES string of the molecule is [2H]C([2H])([2H])C1=CB(C)N(c2cc(C)c(-c3ccccc3)c[n+]2C)c2oc3ccccc3c21. The quantitative estimate of drug-likeness (QED) is 0.315. The summed E-state index contributed by atoms with van der Waals surface area (Å²) < 4.78 is 32.8. The van der Waals surface area contributed by atoms with Gasteiger partial charge in [-0.25, -0.2) is 4.57 Å². The molecule has 5 rings (SSSR count). The molecule has 2 aromatic carbocycles. The third kappa shape index (κ3) is 2.79. The molecule has 0 fully saturated rings. The molecule has 3 nitrogen and oxygen atoms in total. The van der Waals surface area contributed by atoms with Crippen LogP contribution in [0.25, 0.3) is 27.7 Å². The van der Waals surface area contributed by atoms with Crippen LogP contribution in [-0.4, -0.2) is 6.85 Å². The van der Waals surface area contributed by atoms with Crippen molar-refractivity contribution >= 4 is 35.1 Å². The Bertz CT molecular complexity index is 1360. The highest BCUT2D eigenvalue weighted by atomic mass is 16.4. The molecule has 0 amide bonds. The van der Waals surface area contributed by atoms with Crippen molar-refractivity contribution in [3.05, 3.63) is 84.0 Å². The highest BCUT2D eigenvalue weighted by Gasteiger charge is 2.39. The average molecular weight is 382 g/mol. The molecule has 3 heterocycles. The summed E-state index contributed by atoms with van der Waals surface area (Å²) in [4.78, 5) is 2.09. The highest BCUT2D eigenvalue weighted by Crippen LogP contribution is 2.43. The molecule has 0 saturated heterocycles. The molecule has 0 saturated carbocycles. The normalized spacial score (nSPS) is 15.6. The third-order valence-electron chi connectivity index (χ3n) is 5.67. The van der Waals surface area contributed by atoms with Crippen molar-refractivity contribution in [2.45, 2.75) is 20.6 Å². The van der Waals surface area contributed by atoms with Gasteiger partial charge in [0.2, 0.25) is 0 Å². The third-order valence-corrected chi connectivity index (χ3v) is 5.67. The lowest BCUT2D eigenvalue weighted by atomic mass is 9.59. The molecule has 4 heteroatoms. The zero-order valence-corrected chi connectivity index (χ0v) is 16.8. The van der Waals surface area contributed by atoms with E-state index in [2.05, 4.69) is 40.7 Å². The summed E-state index contributed by atoms with van der Waals surface area (Å²) in [6.07, 6.45) is 2.12. The maximum atomic E-state index is 8.13. The average Bonchev–Trinajstić information content (AvgIpc) is 3.14. The van der Waals surface area contributed by atoms with Gasteiger partial charge in [-0.1, -0.05) is 54.5 Å². The number of hydrogen-bond donors (Lipinski definition) is 0. The maximum absolute atomic E-state index is 8.13. The van der Waals surface area contributed by atoms with Gasteiger partial charge in [0.25, 0.3) is 11.7 Å². The molecule has 1 aliphatic rings. The first-order chi connectivity index (χ1) is 15.3. The number of anilines is 2. The Hall–Kier alpha value is -3.27. The topological polar surface area (TPSA) is 20.3 Å². The van der Waals surface area contributed by atoms with Crippen LogP contribution >= 0.6 is 0 Å². The van der Waals surface area contributed by atoms with Gasteiger partial charge in [-0.3, -0.25) is 4.81 Å². The molecule has 0 spiro atoms. The summed E-state index contributed by atoms with van der Waals surface area (Å²) in [6.45, 7) is 1.69. The molecule has 1 aliphatic heterocycles. The fourth-order valence-corrected chi connectivity index (χ4v) is 4.25. The molecule has 2 aromatic heterocycles. The first-order valence-electron chi connectivity index (χ1n) is 11.3. The van der Waals surface area contributed by atoms with Crippen molar-refractivity contribution in [2.75, 3.05) is 4.81 Å². The number of pyridine rings is 1. The van der Waals surface area contributed by atoms with Crippen molar-refractivity contribution in [2.24, 2.45) is 7.05 Å². The zero-order chi connectivity index (χ0) is 22.6. The minimum Gasteiger partial charge on any atom is -0.423 e. The number of allylic oxidation sites excluding steroid dienone is 1. The molecule has 142 valence electrons. The van der Waals surface area contributed by atoms with E-state index in [-0.39, 0.29) is 6.85 Å². The van der Waals surface area contributed by atoms with E-state index in [9.17, 15) is 0 Å². The number of nitrogens with zero attached hydrogens (tertiary/aromatic N) is 2. The second kappa shape index (κ2) is 6.66. The standard InChI is InChI=1S/C25H24BN2O/c1-17-14-23(27(4)16-21(17)19-10-6-5-7-11-19)28-25-24(18(2)15-26(28)3)20-12-8-9-13-22(20)29-25/h5-16H,1-4H3/q+1/i2D3. The molecule has 29 heavy (non-hydrogen) atoms. The van der Waals surface area contributed by atoms with Gasteiger partial charge in [0.15, 0.2) is 0 Å². The number of hydrogen-bond acceptors (Lipinski definition) is 2. The number of benzene rings is 2. The van der Waals surface area contributed by atoms with Gasteiger partial charge in [-0.05, 0) is 43.4 Å². The Labute approximate surface area is 176 Å². The van der Waals surface area contributed by atoms with E-state index in [0.29, 0.717) is 22.6 Å². The van der Waals surface area contributed by atoms with Gasteiger partial charge >= 0.3 is 6.85 Å². The predicted molar refractivity (Wildman–Crippen MR) is 121 cm³/mol. The summed E-state index contributed by atoms with van der Waals surface area (Å²) in [5, 5.41) is 0.821. The van der Waals surface area contributed by atoms with Crippen LogP contribution in [0.15, 0.2) is 77.3 Å². The molecule has 0 bridgehead atoms. The van der Waals surface area contributed by atoms with Crippen LogP contribution < -0.4 is 9.38 Å². The largest absolute Gasteiger partial charge is 0.423 e. The lowest BCUT2D eigenvalue weighted by molar-refractivity contribution is -0.657. The second-order valence-corrected chi connectivity index (χ2v) is 7.67. The molecule has 0 N–H and O–H groups in total. The molecular formula is C25H24BN2O+. The maximum Gasteiger partial charge on any atom is 0.406 e. The number of rotatable bonds is 2. The van der Waals surface area contributed by atoms with Crippen molar-refractivity contribution in [1.29, 1.82) is 0 Å². The van der Waals surface area contributed by atoms with Crippen LogP contribution in [0.5, 0.6) is 0 Å². The van der Waals surface area contributed by atoms with E-state index >= 15 is 0 Å². The summed E-state index contributed by atoms with van der Waals surface area (Å²) in [5.41, 5.74) is 5.15. The van der Waals surface area contributed by atoms with Crippen molar-refractivity contribution < 1.29 is 13.1 Å². The van der Waals surface area contributed by atoms with Crippen molar-refractivity contribution in [3.8, 4) is 11.1 Å². The van der Waals surface area contributed by atoms with Crippen LogP contribution in [-0.2, 0) is 7.05 Å². The first kappa shape index (κ1) is 14.7. The lowest BCUT2D eigenvalue weighted by Gasteiger charge is -2.25. The highest BCUT2D eigenvalue weighted by molar-refractivity contribution is 6.70. The number of para-hydroxylation sites is 1. The van der Waals surface area contributed by atoms with Gasteiger partial charge in [0.1, 0.15) is 5.58 Å². The van der Waals surface area contributed by atoms with E-state index in [4.69, 9.17) is 8.53 Å². The van der Waals surface area contributed by atoms with Gasteiger partial charge in [0.05, 0.1) is 18.8 Å². The van der Waals surface area contributed by atoms with Crippen molar-refractivity contribution in [1.82, 2.24) is 0 Å². The Morgan fingerprint density at radius 3 is 2.62 bits per heavy atom. The fourth-order valence-electron chi connectivity index (χ4n) is 4.25. The lowest BCUT2D eigenvalue weighted by Crippen LogP contribution is -2.44. The Kier molecular flexibility index (Phi) is 3.38. The van der Waals surface area contributed by atoms with Crippen LogP contribution in [0.1, 0.15) is 22.1 Å². The molecule has 0 unspecified atom stereocenters. The number of fused-ring (bicyclic) bond motifs is 3. The van der Waals surface area contributed by atoms with E-state index in [1.807, 2.05) is 62.3 Å². The van der Waals surface area contributed by atoms with E-state index in [1.165, 1.54) is 0 Å². The Morgan fingerprint density at radius 2 is 1.83 bits per heavy atom. The molecule has 0 atom stereocenters. The van der Waals surface area contributed by atoms with Crippen LogP contribution in [0.4, 0.5) is 11.7 Å². The molecule has 0 aliphatic carbocycles. The summed E-state index contributed by atoms with van der Waals surface area (Å²) in [5.74, 6) is 3.36. The summed E-state index contributed by atoms with van der Waals surface area (Å²) >= 11 is 0. The monoisotopic (exact) mass is 382 g/mol. The smallest absolute Gasteiger partial charge is 0.406 e. The minimum absolute atomic E-state index is 0.188. The number of aryl methyl sites for hydroxylation is 2. The van der Waals surface area contributed by atoms with Crippen LogP contribution in [0.2, 0.25) is 6.82 Å². The van der Waals surface area contributed by atoms with Gasteiger partial charge in [-0.2, -0.15) is 0 Å². The second-order valence-electron chi connectivity index (χ2n) is 7.67. The van der Waals surface area contributed by atoms with Gasteiger partial charge < -0.3 is 4.42 Å². The fraction of sp³-hybridized carbons (Fsp3) is 0.160. The van der Waals surface area contributed by atoms with Gasteiger partial charge in [-0.15, -0.1) is 0 Å². The van der Waals surface area contributed by atoms with Gasteiger partial charge in [0, 0.05) is 21.1 Å². The van der Waals surface area contributed by atoms with E-state index in [0.717, 1.165) is 27.9 Å². The van der Waals surface area contributed by atoms with E-state index in [1.54, 1.807) is 0 Å². The summed E-state index contributed by atoms with van der Waals surface area (Å²) in [7, 11) is 2.01. The molecule has 4 aromatic rings. The predicted octanol–water partition coefficient (Wildman–Crippen LogP) is 5.95. The minimum atomic E-state index is -2.23. The van der Waals surface area contributed by atoms with Crippen LogP contribution in [0, 0.1) is 6.92 Å².